The molecule has 0 fully saturated rings. The van der Waals surface area contributed by atoms with Gasteiger partial charge in [0.1, 0.15) is 6.04 Å². The van der Waals surface area contributed by atoms with Gasteiger partial charge in [-0.05, 0) is 36.6 Å². The first-order valence-electron chi connectivity index (χ1n) is 6.34. The van der Waals surface area contributed by atoms with Crippen LogP contribution in [0.15, 0.2) is 23.1 Å². The zero-order valence-electron chi connectivity index (χ0n) is 12.4. The summed E-state index contributed by atoms with van der Waals surface area (Å²) in [5.41, 5.74) is 0.814. The molecule has 114 valence electrons. The van der Waals surface area contributed by atoms with Crippen molar-refractivity contribution >= 4 is 16.0 Å². The van der Waals surface area contributed by atoms with Gasteiger partial charge in [-0.1, -0.05) is 13.8 Å². The van der Waals surface area contributed by atoms with Crippen LogP contribution in [0.3, 0.4) is 0 Å². The van der Waals surface area contributed by atoms with Crippen LogP contribution in [-0.4, -0.2) is 27.5 Å². The van der Waals surface area contributed by atoms with E-state index in [1.165, 1.54) is 25.3 Å². The molecule has 0 saturated carbocycles. The number of ether oxygens (including phenoxy) is 1. The molecule has 7 heteroatoms. The molecule has 0 aliphatic heterocycles. The Bertz CT molecular complexity index is 675. The fourth-order valence-electron chi connectivity index (χ4n) is 1.83. The quantitative estimate of drug-likeness (QED) is 0.828. The van der Waals surface area contributed by atoms with Gasteiger partial charge >= 0.3 is 5.97 Å². The van der Waals surface area contributed by atoms with Crippen molar-refractivity contribution in [2.24, 2.45) is 5.92 Å². The third-order valence-corrected chi connectivity index (χ3v) is 4.60. The number of rotatable bonds is 5. The molecule has 0 amide bonds. The van der Waals surface area contributed by atoms with Crippen LogP contribution in [0, 0.1) is 24.2 Å². The van der Waals surface area contributed by atoms with Crippen LogP contribution in [0.2, 0.25) is 0 Å². The van der Waals surface area contributed by atoms with E-state index in [9.17, 15) is 13.2 Å². The molecule has 0 heterocycles. The summed E-state index contributed by atoms with van der Waals surface area (Å²) in [6.45, 7) is 5.03. The Hall–Kier alpha value is -1.91. The highest BCUT2D eigenvalue weighted by Gasteiger charge is 2.29. The highest BCUT2D eigenvalue weighted by Crippen LogP contribution is 2.18. The third kappa shape index (κ3) is 4.03. The van der Waals surface area contributed by atoms with Crippen LogP contribution in [0.4, 0.5) is 0 Å². The van der Waals surface area contributed by atoms with Gasteiger partial charge in [0, 0.05) is 0 Å². The number of hydrogen-bond donors (Lipinski definition) is 1. The highest BCUT2D eigenvalue weighted by atomic mass is 32.2. The van der Waals surface area contributed by atoms with Crippen molar-refractivity contribution in [1.29, 1.82) is 5.26 Å². The third-order valence-electron chi connectivity index (χ3n) is 3.00. The van der Waals surface area contributed by atoms with E-state index in [0.717, 1.165) is 0 Å². The van der Waals surface area contributed by atoms with Crippen LogP contribution < -0.4 is 4.72 Å². The number of nitrogens with zero attached hydrogens (tertiary/aromatic N) is 1. The molecular weight excluding hydrogens is 292 g/mol. The number of aryl methyl sites for hydroxylation is 1. The molecule has 0 aliphatic rings. The zero-order chi connectivity index (χ0) is 16.2. The molecule has 0 radical (unpaired) electrons. The molecule has 0 aliphatic carbocycles. The van der Waals surface area contributed by atoms with Gasteiger partial charge in [0.2, 0.25) is 10.0 Å². The summed E-state index contributed by atoms with van der Waals surface area (Å²) < 4.78 is 31.7. The number of carbonyl (C=O) groups is 1. The Labute approximate surface area is 124 Å². The topological polar surface area (TPSA) is 96.3 Å². The van der Waals surface area contributed by atoms with Crippen molar-refractivity contribution in [2.45, 2.75) is 31.7 Å². The smallest absolute Gasteiger partial charge is 0.324 e. The molecule has 0 aromatic heterocycles. The minimum absolute atomic E-state index is 0.0380. The molecule has 1 rings (SSSR count). The molecular formula is C14H18N2O4S. The summed E-state index contributed by atoms with van der Waals surface area (Å²) >= 11 is 0. The Balaban J connectivity index is 3.17. The Morgan fingerprint density at radius 1 is 1.38 bits per heavy atom. The van der Waals surface area contributed by atoms with Crippen LogP contribution in [0.25, 0.3) is 0 Å². The number of carbonyl (C=O) groups excluding carboxylic acids is 1. The van der Waals surface area contributed by atoms with E-state index in [0.29, 0.717) is 11.1 Å². The molecule has 0 saturated heterocycles. The normalized spacial score (nSPS) is 12.8. The van der Waals surface area contributed by atoms with Gasteiger partial charge in [0.15, 0.2) is 0 Å². The van der Waals surface area contributed by atoms with Gasteiger partial charge in [-0.15, -0.1) is 0 Å². The number of nitriles is 1. The van der Waals surface area contributed by atoms with E-state index in [1.54, 1.807) is 20.8 Å². The lowest BCUT2D eigenvalue weighted by molar-refractivity contribution is -0.143. The van der Waals surface area contributed by atoms with E-state index < -0.39 is 22.0 Å². The predicted molar refractivity (Wildman–Crippen MR) is 76.9 cm³/mol. The van der Waals surface area contributed by atoms with E-state index in [2.05, 4.69) is 9.46 Å². The monoisotopic (exact) mass is 310 g/mol. The SMILES string of the molecule is COC(=O)C(NS(=O)(=O)c1ccc(C#N)cc1C)C(C)C. The van der Waals surface area contributed by atoms with Crippen LogP contribution >= 0.6 is 0 Å². The first kappa shape index (κ1) is 17.1. The van der Waals surface area contributed by atoms with Gasteiger partial charge in [0.05, 0.1) is 23.6 Å². The molecule has 1 atom stereocenters. The number of methoxy groups -OCH3 is 1. The molecule has 1 aromatic carbocycles. The summed E-state index contributed by atoms with van der Waals surface area (Å²) in [7, 11) is -2.67. The average molecular weight is 310 g/mol. The number of hydrogen-bond acceptors (Lipinski definition) is 5. The second-order valence-corrected chi connectivity index (χ2v) is 6.64. The molecule has 1 N–H and O–H groups in total. The fourth-order valence-corrected chi connectivity index (χ4v) is 3.39. The summed E-state index contributed by atoms with van der Waals surface area (Å²) in [6.07, 6.45) is 0. The maximum atomic E-state index is 12.4. The van der Waals surface area contributed by atoms with Crippen LogP contribution in [0.5, 0.6) is 0 Å². The maximum Gasteiger partial charge on any atom is 0.324 e. The van der Waals surface area contributed by atoms with E-state index in [-0.39, 0.29) is 10.8 Å². The van der Waals surface area contributed by atoms with Gasteiger partial charge < -0.3 is 4.74 Å². The van der Waals surface area contributed by atoms with Crippen LogP contribution in [0.1, 0.15) is 25.0 Å². The van der Waals surface area contributed by atoms with E-state index in [4.69, 9.17) is 5.26 Å². The lowest BCUT2D eigenvalue weighted by Gasteiger charge is -2.20. The Kier molecular flexibility index (Phi) is 5.47. The number of esters is 1. The van der Waals surface area contributed by atoms with E-state index in [1.807, 2.05) is 6.07 Å². The Morgan fingerprint density at radius 3 is 2.43 bits per heavy atom. The number of sulfonamides is 1. The largest absolute Gasteiger partial charge is 0.468 e. The van der Waals surface area contributed by atoms with Crippen molar-refractivity contribution in [3.05, 3.63) is 29.3 Å². The molecule has 6 nitrogen and oxygen atoms in total. The minimum Gasteiger partial charge on any atom is -0.468 e. The predicted octanol–water partition coefficient (Wildman–Crippen LogP) is 1.34. The van der Waals surface area contributed by atoms with Gasteiger partial charge in [-0.25, -0.2) is 8.42 Å². The summed E-state index contributed by atoms with van der Waals surface area (Å²) in [5.74, 6) is -0.897. The standard InChI is InChI=1S/C14H18N2O4S/c1-9(2)13(14(17)20-4)16-21(18,19)12-6-5-11(8-15)7-10(12)3/h5-7,9,13,16H,1-4H3. The van der Waals surface area contributed by atoms with Crippen molar-refractivity contribution < 1.29 is 17.9 Å². The molecule has 21 heavy (non-hydrogen) atoms. The van der Waals surface area contributed by atoms with Crippen molar-refractivity contribution in [3.8, 4) is 6.07 Å². The van der Waals surface area contributed by atoms with Crippen molar-refractivity contribution in [3.63, 3.8) is 0 Å². The summed E-state index contributed by atoms with van der Waals surface area (Å²) in [6, 6.07) is 5.24. The lowest BCUT2D eigenvalue weighted by atomic mass is 10.1. The maximum absolute atomic E-state index is 12.4. The Morgan fingerprint density at radius 2 is 2.00 bits per heavy atom. The lowest BCUT2D eigenvalue weighted by Crippen LogP contribution is -2.45. The van der Waals surface area contributed by atoms with Gasteiger partial charge in [-0.3, -0.25) is 4.79 Å². The molecule has 0 bridgehead atoms. The van der Waals surface area contributed by atoms with Gasteiger partial charge in [0.25, 0.3) is 0 Å². The second-order valence-electron chi connectivity index (χ2n) is 4.96. The fraction of sp³-hybridized carbons (Fsp3) is 0.429. The second kappa shape index (κ2) is 6.70. The van der Waals surface area contributed by atoms with Crippen molar-refractivity contribution in [2.75, 3.05) is 7.11 Å². The van der Waals surface area contributed by atoms with E-state index >= 15 is 0 Å². The zero-order valence-corrected chi connectivity index (χ0v) is 13.2. The first-order valence-corrected chi connectivity index (χ1v) is 7.82. The summed E-state index contributed by atoms with van der Waals surface area (Å²) in [5, 5.41) is 8.80. The number of benzene rings is 1. The molecule has 1 aromatic rings. The highest BCUT2D eigenvalue weighted by molar-refractivity contribution is 7.89. The first-order chi connectivity index (χ1) is 9.72. The van der Waals surface area contributed by atoms with Gasteiger partial charge in [-0.2, -0.15) is 9.98 Å². The van der Waals surface area contributed by atoms with Crippen molar-refractivity contribution in [1.82, 2.24) is 4.72 Å². The average Bonchev–Trinajstić information content (AvgIpc) is 2.43. The molecule has 1 unspecified atom stereocenters. The minimum atomic E-state index is -3.88. The molecule has 0 spiro atoms. The number of nitrogens with one attached hydrogen (secondary N) is 1. The summed E-state index contributed by atoms with van der Waals surface area (Å²) in [4.78, 5) is 11.7. The van der Waals surface area contributed by atoms with Crippen LogP contribution in [-0.2, 0) is 19.6 Å².